The van der Waals surface area contributed by atoms with Gasteiger partial charge in [-0.2, -0.15) is 0 Å². The molecule has 2 rings (SSSR count). The van der Waals surface area contributed by atoms with E-state index in [-0.39, 0.29) is 6.04 Å². The lowest BCUT2D eigenvalue weighted by Gasteiger charge is -2.10. The molecule has 0 bridgehead atoms. The first-order valence-corrected chi connectivity index (χ1v) is 6.38. The normalized spacial score (nSPS) is 30.5. The fourth-order valence-corrected chi connectivity index (χ4v) is 1.83. The Kier molecular flexibility index (Phi) is 3.60. The van der Waals surface area contributed by atoms with Crippen molar-refractivity contribution in [3.8, 4) is 0 Å². The fraction of sp³-hybridized carbons (Fsp3) is 0.769. The summed E-state index contributed by atoms with van der Waals surface area (Å²) in [5.41, 5.74) is 0. The molecule has 96 valence electrons. The van der Waals surface area contributed by atoms with E-state index >= 15 is 0 Å². The molecule has 0 unspecified atom stereocenters. The summed E-state index contributed by atoms with van der Waals surface area (Å²) < 4.78 is 11.1. The molecule has 1 fully saturated rings. The molecular weight excluding hydrogens is 216 g/mol. The Morgan fingerprint density at radius 1 is 1.18 bits per heavy atom. The molecule has 0 amide bonds. The average molecular weight is 238 g/mol. The molecule has 0 saturated carbocycles. The predicted molar refractivity (Wildman–Crippen MR) is 67.8 cm³/mol. The van der Waals surface area contributed by atoms with Gasteiger partial charge in [0.25, 0.3) is 0 Å². The zero-order valence-electron chi connectivity index (χ0n) is 11.1. The van der Waals surface area contributed by atoms with Crippen LogP contribution in [-0.4, -0.2) is 31.2 Å². The van der Waals surface area contributed by atoms with Crippen LogP contribution in [0.1, 0.15) is 27.7 Å². The van der Waals surface area contributed by atoms with Gasteiger partial charge in [0.1, 0.15) is 13.2 Å². The first-order valence-electron chi connectivity index (χ1n) is 6.38. The minimum absolute atomic E-state index is 0.282. The Morgan fingerprint density at radius 2 is 1.94 bits per heavy atom. The molecular formula is C13H22N2O2. The molecule has 0 spiro atoms. The first-order chi connectivity index (χ1) is 8.06. The van der Waals surface area contributed by atoms with E-state index < -0.39 is 0 Å². The predicted octanol–water partition coefficient (Wildman–Crippen LogP) is 1.93. The van der Waals surface area contributed by atoms with Gasteiger partial charge in [-0.3, -0.25) is 0 Å². The van der Waals surface area contributed by atoms with Crippen molar-refractivity contribution in [3.63, 3.8) is 0 Å². The molecule has 2 atom stereocenters. The van der Waals surface area contributed by atoms with Crippen LogP contribution in [0.5, 0.6) is 0 Å². The van der Waals surface area contributed by atoms with Crippen molar-refractivity contribution in [1.29, 1.82) is 0 Å². The number of aliphatic imine (C=N–C) groups is 1. The first kappa shape index (κ1) is 12.3. The second-order valence-corrected chi connectivity index (χ2v) is 5.40. The van der Waals surface area contributed by atoms with Crippen molar-refractivity contribution in [2.75, 3.05) is 13.2 Å². The van der Waals surface area contributed by atoms with E-state index in [9.17, 15) is 0 Å². The van der Waals surface area contributed by atoms with Crippen LogP contribution < -0.4 is 5.32 Å². The van der Waals surface area contributed by atoms with Gasteiger partial charge in [0, 0.05) is 0 Å². The number of hydrogen-bond acceptors (Lipinski definition) is 4. The number of nitrogens with one attached hydrogen (secondary N) is 1. The molecule has 4 nitrogen and oxygen atoms in total. The molecule has 0 aromatic heterocycles. The van der Waals surface area contributed by atoms with Gasteiger partial charge in [0.15, 0.2) is 5.88 Å². The Balaban J connectivity index is 1.95. The quantitative estimate of drug-likeness (QED) is 0.817. The van der Waals surface area contributed by atoms with Gasteiger partial charge in [-0.05, 0) is 11.8 Å². The minimum atomic E-state index is 0.282. The van der Waals surface area contributed by atoms with E-state index in [1.165, 1.54) is 0 Å². The van der Waals surface area contributed by atoms with Crippen molar-refractivity contribution < 1.29 is 9.47 Å². The zero-order valence-corrected chi connectivity index (χ0v) is 11.1. The van der Waals surface area contributed by atoms with E-state index in [0.29, 0.717) is 30.4 Å². The number of rotatable bonds is 3. The SMILES string of the molecule is CC(C)[C@@H]1COC(/C=C2/N[C@H](C(C)C)CO2)=N1. The van der Waals surface area contributed by atoms with Gasteiger partial charge in [-0.15, -0.1) is 0 Å². The highest BCUT2D eigenvalue weighted by Gasteiger charge is 2.25. The molecule has 2 aliphatic rings. The van der Waals surface area contributed by atoms with Crippen LogP contribution in [0.15, 0.2) is 17.0 Å². The maximum atomic E-state index is 5.57. The van der Waals surface area contributed by atoms with E-state index in [0.717, 1.165) is 12.5 Å². The summed E-state index contributed by atoms with van der Waals surface area (Å²) in [5, 5.41) is 3.34. The lowest BCUT2D eigenvalue weighted by molar-refractivity contribution is 0.243. The lowest BCUT2D eigenvalue weighted by Crippen LogP contribution is -2.28. The summed E-state index contributed by atoms with van der Waals surface area (Å²) in [7, 11) is 0. The molecule has 1 saturated heterocycles. The van der Waals surface area contributed by atoms with E-state index in [4.69, 9.17) is 9.47 Å². The molecule has 0 aromatic rings. The lowest BCUT2D eigenvalue weighted by atomic mass is 10.1. The van der Waals surface area contributed by atoms with Gasteiger partial charge < -0.3 is 14.8 Å². The summed E-state index contributed by atoms with van der Waals surface area (Å²) in [6, 6.07) is 0.674. The molecule has 0 radical (unpaired) electrons. The van der Waals surface area contributed by atoms with Crippen LogP contribution in [0.2, 0.25) is 0 Å². The molecule has 1 N–H and O–H groups in total. The Labute approximate surface area is 103 Å². The summed E-state index contributed by atoms with van der Waals surface area (Å²) in [4.78, 5) is 4.52. The molecule has 4 heteroatoms. The third kappa shape index (κ3) is 2.93. The molecule has 2 aliphatic heterocycles. The summed E-state index contributed by atoms with van der Waals surface area (Å²) in [6.07, 6.45) is 1.87. The zero-order chi connectivity index (χ0) is 12.4. The third-order valence-corrected chi connectivity index (χ3v) is 3.27. The minimum Gasteiger partial charge on any atom is -0.477 e. The topological polar surface area (TPSA) is 42.8 Å². The van der Waals surface area contributed by atoms with Crippen molar-refractivity contribution in [2.24, 2.45) is 16.8 Å². The van der Waals surface area contributed by atoms with Crippen LogP contribution >= 0.6 is 0 Å². The third-order valence-electron chi connectivity index (χ3n) is 3.27. The number of nitrogens with zero attached hydrogens (tertiary/aromatic N) is 1. The maximum absolute atomic E-state index is 5.57. The Morgan fingerprint density at radius 3 is 2.47 bits per heavy atom. The van der Waals surface area contributed by atoms with Gasteiger partial charge >= 0.3 is 0 Å². The van der Waals surface area contributed by atoms with Gasteiger partial charge in [-0.1, -0.05) is 27.7 Å². The van der Waals surface area contributed by atoms with Crippen LogP contribution in [0.25, 0.3) is 0 Å². The van der Waals surface area contributed by atoms with Gasteiger partial charge in [0.2, 0.25) is 5.90 Å². The highest BCUT2D eigenvalue weighted by molar-refractivity contribution is 5.89. The fourth-order valence-electron chi connectivity index (χ4n) is 1.83. The average Bonchev–Trinajstić information content (AvgIpc) is 2.87. The highest BCUT2D eigenvalue weighted by Crippen LogP contribution is 2.17. The van der Waals surface area contributed by atoms with E-state index in [1.54, 1.807) is 0 Å². The van der Waals surface area contributed by atoms with Crippen LogP contribution in [-0.2, 0) is 9.47 Å². The summed E-state index contributed by atoms with van der Waals surface area (Å²) in [5.74, 6) is 2.56. The van der Waals surface area contributed by atoms with Crippen molar-refractivity contribution in [1.82, 2.24) is 5.32 Å². The monoisotopic (exact) mass is 238 g/mol. The summed E-state index contributed by atoms with van der Waals surface area (Å²) >= 11 is 0. The van der Waals surface area contributed by atoms with Crippen LogP contribution in [0, 0.1) is 11.8 Å². The molecule has 0 aliphatic carbocycles. The van der Waals surface area contributed by atoms with Crippen LogP contribution in [0.4, 0.5) is 0 Å². The Hall–Kier alpha value is -1.19. The number of hydrogen-bond donors (Lipinski definition) is 1. The smallest absolute Gasteiger partial charge is 0.214 e. The summed E-state index contributed by atoms with van der Waals surface area (Å²) in [6.45, 7) is 10.1. The van der Waals surface area contributed by atoms with Crippen LogP contribution in [0.3, 0.4) is 0 Å². The second kappa shape index (κ2) is 4.98. The Bertz CT molecular complexity index is 334. The van der Waals surface area contributed by atoms with Crippen molar-refractivity contribution in [3.05, 3.63) is 12.0 Å². The van der Waals surface area contributed by atoms with E-state index in [1.807, 2.05) is 6.08 Å². The van der Waals surface area contributed by atoms with Gasteiger partial charge in [0.05, 0.1) is 18.2 Å². The molecule has 0 aromatic carbocycles. The molecule has 17 heavy (non-hydrogen) atoms. The molecule has 2 heterocycles. The van der Waals surface area contributed by atoms with E-state index in [2.05, 4.69) is 38.0 Å². The highest BCUT2D eigenvalue weighted by atomic mass is 16.5. The largest absolute Gasteiger partial charge is 0.477 e. The maximum Gasteiger partial charge on any atom is 0.214 e. The van der Waals surface area contributed by atoms with Crippen molar-refractivity contribution in [2.45, 2.75) is 39.8 Å². The standard InChI is InChI=1S/C13H22N2O2/c1-8(2)10-6-16-12(14-10)5-13-15-11(7-17-13)9(3)4/h5,8-11,14H,6-7H2,1-4H3/b12-5-/t10-,11-/m0/s1. The second-order valence-electron chi connectivity index (χ2n) is 5.40. The van der Waals surface area contributed by atoms with Gasteiger partial charge in [-0.25, -0.2) is 4.99 Å². The number of ether oxygens (including phenoxy) is 2. The van der Waals surface area contributed by atoms with Crippen molar-refractivity contribution >= 4 is 5.90 Å².